The van der Waals surface area contributed by atoms with Crippen molar-refractivity contribution in [2.45, 2.75) is 13.5 Å². The molecule has 1 saturated heterocycles. The van der Waals surface area contributed by atoms with Crippen molar-refractivity contribution in [1.29, 1.82) is 0 Å². The first-order valence-electron chi connectivity index (χ1n) is 8.84. The maximum Gasteiger partial charge on any atom is 0.255 e. The number of aryl methyl sites for hydroxylation is 1. The molecule has 1 aliphatic rings. The van der Waals surface area contributed by atoms with E-state index in [0.717, 1.165) is 24.4 Å². The second kappa shape index (κ2) is 9.78. The van der Waals surface area contributed by atoms with Crippen LogP contribution in [-0.2, 0) is 6.61 Å². The topological polar surface area (TPSA) is 67.7 Å². The van der Waals surface area contributed by atoms with Gasteiger partial charge < -0.3 is 19.8 Å². The first kappa shape index (κ1) is 22.0. The number of ether oxygens (including phenoxy) is 1. The molecule has 28 heavy (non-hydrogen) atoms. The third-order valence-corrected chi connectivity index (χ3v) is 4.57. The second-order valence-electron chi connectivity index (χ2n) is 6.72. The number of aromatic nitrogens is 2. The Bertz CT molecular complexity index is 941. The normalized spacial score (nSPS) is 13.2. The van der Waals surface area contributed by atoms with Gasteiger partial charge in [-0.2, -0.15) is 0 Å². The summed E-state index contributed by atoms with van der Waals surface area (Å²) in [5.41, 5.74) is 3.44. The molecule has 1 fully saturated rings. The fourth-order valence-corrected chi connectivity index (χ4v) is 2.98. The summed E-state index contributed by atoms with van der Waals surface area (Å²) in [6.45, 7) is 4.98. The predicted molar refractivity (Wildman–Crippen MR) is 114 cm³/mol. The fraction of sp³-hybridized carbons (Fsp3) is 0.300. The number of hydrogen-bond donors (Lipinski definition) is 2. The van der Waals surface area contributed by atoms with E-state index in [1.165, 1.54) is 5.56 Å². The lowest BCUT2D eigenvalue weighted by atomic mass is 10.0. The average molecular weight is 423 g/mol. The average Bonchev–Trinajstić information content (AvgIpc) is 3.00. The Balaban J connectivity index is 0.00000140. The van der Waals surface area contributed by atoms with Crippen LogP contribution in [0.15, 0.2) is 48.8 Å². The SMILES string of the molecule is Cc1ccc2nc(COc3ccccc3C(=O)NCC3CNC3)cn2c1.Cl.Cl. The van der Waals surface area contributed by atoms with Gasteiger partial charge in [-0.3, -0.25) is 4.79 Å². The van der Waals surface area contributed by atoms with Crippen LogP contribution in [0.25, 0.3) is 5.65 Å². The maximum atomic E-state index is 12.5. The molecule has 150 valence electrons. The van der Waals surface area contributed by atoms with E-state index in [4.69, 9.17) is 4.74 Å². The monoisotopic (exact) mass is 422 g/mol. The Hall–Kier alpha value is -2.28. The highest BCUT2D eigenvalue weighted by atomic mass is 35.5. The zero-order valence-corrected chi connectivity index (χ0v) is 17.2. The van der Waals surface area contributed by atoms with Gasteiger partial charge in [0.05, 0.1) is 11.3 Å². The van der Waals surface area contributed by atoms with Gasteiger partial charge in [0.15, 0.2) is 0 Å². The van der Waals surface area contributed by atoms with Gasteiger partial charge in [0.1, 0.15) is 18.0 Å². The molecule has 2 aromatic heterocycles. The molecule has 8 heteroatoms. The van der Waals surface area contributed by atoms with Gasteiger partial charge in [0, 0.05) is 37.9 Å². The summed E-state index contributed by atoms with van der Waals surface area (Å²) < 4.78 is 7.89. The van der Waals surface area contributed by atoms with Gasteiger partial charge in [-0.25, -0.2) is 4.98 Å². The number of fused-ring (bicyclic) bond motifs is 1. The number of imidazole rings is 1. The van der Waals surface area contributed by atoms with Crippen molar-refractivity contribution in [3.63, 3.8) is 0 Å². The number of hydrogen-bond acceptors (Lipinski definition) is 4. The van der Waals surface area contributed by atoms with Gasteiger partial charge in [-0.05, 0) is 30.7 Å². The van der Waals surface area contributed by atoms with Crippen LogP contribution in [0.3, 0.4) is 0 Å². The number of para-hydroxylation sites is 1. The number of halogens is 2. The number of carbonyl (C=O) groups excluding carboxylic acids is 1. The van der Waals surface area contributed by atoms with Crippen LogP contribution in [0.1, 0.15) is 21.6 Å². The first-order chi connectivity index (χ1) is 12.7. The summed E-state index contributed by atoms with van der Waals surface area (Å²) >= 11 is 0. The van der Waals surface area contributed by atoms with Crippen molar-refractivity contribution < 1.29 is 9.53 Å². The van der Waals surface area contributed by atoms with Crippen LogP contribution in [0.4, 0.5) is 0 Å². The standard InChI is InChI=1S/C20H22N4O2.2ClH/c1-14-6-7-19-23-16(12-24(19)11-14)13-26-18-5-3-2-4-17(18)20(25)22-10-15-8-21-9-15;;/h2-7,11-12,15,21H,8-10,13H2,1H3,(H,22,25);2*1H. The van der Waals surface area contributed by atoms with Crippen LogP contribution < -0.4 is 15.4 Å². The summed E-state index contributed by atoms with van der Waals surface area (Å²) in [5.74, 6) is 0.997. The Labute approximate surface area is 176 Å². The number of amides is 1. The smallest absolute Gasteiger partial charge is 0.255 e. The maximum absolute atomic E-state index is 12.5. The van der Waals surface area contributed by atoms with Gasteiger partial charge in [-0.1, -0.05) is 18.2 Å². The van der Waals surface area contributed by atoms with E-state index in [0.29, 0.717) is 30.4 Å². The number of nitrogens with one attached hydrogen (secondary N) is 2. The molecule has 0 aliphatic carbocycles. The Morgan fingerprint density at radius 2 is 2.00 bits per heavy atom. The molecule has 0 atom stereocenters. The number of pyridine rings is 1. The van der Waals surface area contributed by atoms with E-state index in [1.54, 1.807) is 6.07 Å². The predicted octanol–water partition coefficient (Wildman–Crippen LogP) is 3.01. The van der Waals surface area contributed by atoms with E-state index in [9.17, 15) is 4.79 Å². The van der Waals surface area contributed by atoms with Crippen LogP contribution in [0.5, 0.6) is 5.75 Å². The number of nitrogens with zero attached hydrogens (tertiary/aromatic N) is 2. The highest BCUT2D eigenvalue weighted by Crippen LogP contribution is 2.20. The molecular weight excluding hydrogens is 399 g/mol. The van der Waals surface area contributed by atoms with Crippen LogP contribution in [0, 0.1) is 12.8 Å². The van der Waals surface area contributed by atoms with Crippen molar-refractivity contribution >= 4 is 36.4 Å². The third kappa shape index (κ3) is 4.95. The summed E-state index contributed by atoms with van der Waals surface area (Å²) in [6.07, 6.45) is 3.98. The van der Waals surface area contributed by atoms with E-state index >= 15 is 0 Å². The van der Waals surface area contributed by atoms with E-state index < -0.39 is 0 Å². The van der Waals surface area contributed by atoms with Crippen molar-refractivity contribution in [1.82, 2.24) is 20.0 Å². The van der Waals surface area contributed by atoms with Crippen molar-refractivity contribution in [3.8, 4) is 5.75 Å². The molecule has 3 aromatic rings. The molecule has 0 spiro atoms. The molecule has 3 heterocycles. The molecule has 0 radical (unpaired) electrons. The minimum atomic E-state index is -0.0990. The quantitative estimate of drug-likeness (QED) is 0.640. The number of benzene rings is 1. The van der Waals surface area contributed by atoms with Crippen molar-refractivity contribution in [3.05, 3.63) is 65.6 Å². The fourth-order valence-electron chi connectivity index (χ4n) is 2.98. The Morgan fingerprint density at radius 1 is 1.21 bits per heavy atom. The number of carbonyl (C=O) groups is 1. The highest BCUT2D eigenvalue weighted by molar-refractivity contribution is 5.96. The van der Waals surface area contributed by atoms with Gasteiger partial charge in [0.2, 0.25) is 0 Å². The lowest BCUT2D eigenvalue weighted by Crippen LogP contribution is -2.48. The van der Waals surface area contributed by atoms with Crippen LogP contribution in [0.2, 0.25) is 0 Å². The molecule has 0 unspecified atom stereocenters. The molecular formula is C20H24Cl2N4O2. The molecule has 0 bridgehead atoms. The molecule has 0 saturated carbocycles. The molecule has 1 aliphatic heterocycles. The van der Waals surface area contributed by atoms with Crippen molar-refractivity contribution in [2.75, 3.05) is 19.6 Å². The Morgan fingerprint density at radius 3 is 2.75 bits per heavy atom. The van der Waals surface area contributed by atoms with Gasteiger partial charge in [0.25, 0.3) is 5.91 Å². The Kier molecular flexibility index (Phi) is 7.69. The van der Waals surface area contributed by atoms with Crippen molar-refractivity contribution in [2.24, 2.45) is 5.92 Å². The van der Waals surface area contributed by atoms with E-state index in [1.807, 2.05) is 54.0 Å². The molecule has 4 rings (SSSR count). The summed E-state index contributed by atoms with van der Waals surface area (Å²) in [7, 11) is 0. The largest absolute Gasteiger partial charge is 0.486 e. The van der Waals surface area contributed by atoms with E-state index in [2.05, 4.69) is 15.6 Å². The zero-order valence-electron chi connectivity index (χ0n) is 15.6. The zero-order chi connectivity index (χ0) is 17.9. The third-order valence-electron chi connectivity index (χ3n) is 4.57. The summed E-state index contributed by atoms with van der Waals surface area (Å²) in [6, 6.07) is 11.3. The molecule has 1 aromatic carbocycles. The summed E-state index contributed by atoms with van der Waals surface area (Å²) in [5, 5.41) is 6.19. The number of rotatable bonds is 6. The molecule has 2 N–H and O–H groups in total. The lowest BCUT2D eigenvalue weighted by Gasteiger charge is -2.27. The second-order valence-corrected chi connectivity index (χ2v) is 6.72. The first-order valence-corrected chi connectivity index (χ1v) is 8.84. The van der Waals surface area contributed by atoms with Gasteiger partial charge in [-0.15, -0.1) is 24.8 Å². The van der Waals surface area contributed by atoms with Gasteiger partial charge >= 0.3 is 0 Å². The summed E-state index contributed by atoms with van der Waals surface area (Å²) in [4.78, 5) is 17.0. The molecule has 1 amide bonds. The van der Waals surface area contributed by atoms with Crippen LogP contribution in [-0.4, -0.2) is 34.9 Å². The lowest BCUT2D eigenvalue weighted by molar-refractivity contribution is 0.0937. The van der Waals surface area contributed by atoms with Crippen LogP contribution >= 0.6 is 24.8 Å². The molecule has 6 nitrogen and oxygen atoms in total. The minimum absolute atomic E-state index is 0. The minimum Gasteiger partial charge on any atom is -0.486 e. The highest BCUT2D eigenvalue weighted by Gasteiger charge is 2.19. The van der Waals surface area contributed by atoms with E-state index in [-0.39, 0.29) is 30.7 Å².